The predicted octanol–water partition coefficient (Wildman–Crippen LogP) is 4.05. The second-order valence-electron chi connectivity index (χ2n) is 8.66. The van der Waals surface area contributed by atoms with Crippen LogP contribution in [0, 0.1) is 0 Å². The topological polar surface area (TPSA) is 101 Å². The molecule has 8 heteroatoms. The fourth-order valence-electron chi connectivity index (χ4n) is 4.38. The van der Waals surface area contributed by atoms with Gasteiger partial charge >= 0.3 is 0 Å². The molecular formula is C24H36ClN5O2. The molecule has 7 nitrogen and oxygen atoms in total. The summed E-state index contributed by atoms with van der Waals surface area (Å²) in [6.07, 6.45) is 6.75. The van der Waals surface area contributed by atoms with E-state index in [-0.39, 0.29) is 18.1 Å². The van der Waals surface area contributed by atoms with E-state index in [0.717, 1.165) is 17.3 Å². The summed E-state index contributed by atoms with van der Waals surface area (Å²) < 4.78 is 5.84. The van der Waals surface area contributed by atoms with Gasteiger partial charge in [0.2, 0.25) is 0 Å². The van der Waals surface area contributed by atoms with E-state index in [4.69, 9.17) is 27.1 Å². The van der Waals surface area contributed by atoms with Gasteiger partial charge in [-0.25, -0.2) is 4.98 Å². The predicted molar refractivity (Wildman–Crippen MR) is 131 cm³/mol. The molecule has 1 saturated carbocycles. The number of benzene rings is 1. The summed E-state index contributed by atoms with van der Waals surface area (Å²) in [4.78, 5) is 17.5. The van der Waals surface area contributed by atoms with Crippen molar-refractivity contribution in [2.45, 2.75) is 76.7 Å². The van der Waals surface area contributed by atoms with Crippen molar-refractivity contribution in [3.8, 4) is 0 Å². The van der Waals surface area contributed by atoms with Gasteiger partial charge < -0.3 is 26.4 Å². The molecule has 5 N–H and O–H groups in total. The summed E-state index contributed by atoms with van der Waals surface area (Å²) in [5.74, 6) is 0.223. The van der Waals surface area contributed by atoms with Gasteiger partial charge in [-0.3, -0.25) is 4.79 Å². The van der Waals surface area contributed by atoms with Crippen LogP contribution in [0.1, 0.15) is 62.7 Å². The van der Waals surface area contributed by atoms with Gasteiger partial charge in [0.05, 0.1) is 23.3 Å². The quantitative estimate of drug-likeness (QED) is 0.398. The average Bonchev–Trinajstić information content (AvgIpc) is 2.78. The van der Waals surface area contributed by atoms with E-state index in [9.17, 15) is 4.79 Å². The fourth-order valence-corrected chi connectivity index (χ4v) is 4.55. The van der Waals surface area contributed by atoms with Gasteiger partial charge in [-0.2, -0.15) is 0 Å². The van der Waals surface area contributed by atoms with Crippen LogP contribution < -0.4 is 21.7 Å². The Hall–Kier alpha value is -1.93. The van der Waals surface area contributed by atoms with E-state index in [1.54, 1.807) is 26.2 Å². The molecule has 1 aliphatic carbocycles. The highest BCUT2D eigenvalue weighted by molar-refractivity contribution is 6.31. The maximum Gasteiger partial charge on any atom is 0.256 e. The summed E-state index contributed by atoms with van der Waals surface area (Å²) in [6, 6.07) is 8.01. The van der Waals surface area contributed by atoms with Gasteiger partial charge in [-0.05, 0) is 44.4 Å². The third-order valence-corrected chi connectivity index (χ3v) is 6.34. The molecule has 1 aromatic carbocycles. The lowest BCUT2D eigenvalue weighted by Crippen LogP contribution is -2.49. The van der Waals surface area contributed by atoms with Crippen LogP contribution in [0.25, 0.3) is 10.9 Å². The molecule has 3 atom stereocenters. The first-order valence-electron chi connectivity index (χ1n) is 11.6. The minimum Gasteiger partial charge on any atom is -0.378 e. The smallest absolute Gasteiger partial charge is 0.256 e. The van der Waals surface area contributed by atoms with Crippen LogP contribution in [0.4, 0.5) is 5.82 Å². The van der Waals surface area contributed by atoms with Crippen LogP contribution in [0.2, 0.25) is 5.02 Å². The maximum absolute atomic E-state index is 12.8. The molecule has 1 fully saturated rings. The highest BCUT2D eigenvalue weighted by Gasteiger charge is 2.25. The number of hydrogen-bond donors (Lipinski definition) is 4. The summed E-state index contributed by atoms with van der Waals surface area (Å²) in [5.41, 5.74) is 6.95. The van der Waals surface area contributed by atoms with E-state index in [2.05, 4.69) is 22.9 Å². The molecule has 2 aromatic rings. The first-order valence-corrected chi connectivity index (χ1v) is 12.0. The standard InChI is InChI=1S/C24H36ClN5O2/c1-4-20(29-18-8-6-5-7-9-18)22(32-3)14-27-23-19(24(31)28-15(2)26)12-16-10-11-17(25)13-21(16)30-23/h10-13,15,18,20,22,29H,4-9,14,26H2,1-3H3,(H,27,30)(H,28,31). The number of methoxy groups -OCH3 is 1. The van der Waals surface area contributed by atoms with Crippen LogP contribution in [-0.2, 0) is 4.74 Å². The van der Waals surface area contributed by atoms with Gasteiger partial charge in [0.1, 0.15) is 5.82 Å². The number of anilines is 1. The van der Waals surface area contributed by atoms with Crippen molar-refractivity contribution >= 4 is 34.2 Å². The van der Waals surface area contributed by atoms with Crippen LogP contribution >= 0.6 is 11.6 Å². The average molecular weight is 462 g/mol. The normalized spacial score (nSPS) is 17.7. The number of nitrogens with zero attached hydrogens (tertiary/aromatic N) is 1. The first-order chi connectivity index (χ1) is 15.4. The zero-order valence-electron chi connectivity index (χ0n) is 19.3. The van der Waals surface area contributed by atoms with Gasteiger partial charge in [0, 0.05) is 36.1 Å². The number of amides is 1. The lowest BCUT2D eigenvalue weighted by Gasteiger charge is -2.32. The van der Waals surface area contributed by atoms with Crippen molar-refractivity contribution in [2.24, 2.45) is 5.73 Å². The molecular weight excluding hydrogens is 426 g/mol. The molecule has 1 aromatic heterocycles. The number of ether oxygens (including phenoxy) is 1. The van der Waals surface area contributed by atoms with Crippen molar-refractivity contribution in [1.82, 2.24) is 15.6 Å². The highest BCUT2D eigenvalue weighted by Crippen LogP contribution is 2.24. The number of hydrogen-bond acceptors (Lipinski definition) is 6. The molecule has 0 saturated heterocycles. The molecule has 1 amide bonds. The van der Waals surface area contributed by atoms with Crippen molar-refractivity contribution in [3.05, 3.63) is 34.9 Å². The number of carbonyl (C=O) groups excluding carboxylic acids is 1. The summed E-state index contributed by atoms with van der Waals surface area (Å²) >= 11 is 6.16. The minimum atomic E-state index is -0.466. The number of carbonyl (C=O) groups is 1. The third-order valence-electron chi connectivity index (χ3n) is 6.10. The minimum absolute atomic E-state index is 0.0665. The molecule has 0 bridgehead atoms. The Morgan fingerprint density at radius 2 is 2.03 bits per heavy atom. The fraction of sp³-hybridized carbons (Fsp3) is 0.583. The van der Waals surface area contributed by atoms with E-state index in [0.29, 0.717) is 29.0 Å². The van der Waals surface area contributed by atoms with Crippen LogP contribution in [-0.4, -0.2) is 48.9 Å². The molecule has 0 radical (unpaired) electrons. The van der Waals surface area contributed by atoms with E-state index in [1.165, 1.54) is 32.1 Å². The third kappa shape index (κ3) is 6.54. The maximum atomic E-state index is 12.8. The van der Waals surface area contributed by atoms with Crippen molar-refractivity contribution in [1.29, 1.82) is 0 Å². The van der Waals surface area contributed by atoms with Gasteiger partial charge in [0.15, 0.2) is 0 Å². The zero-order valence-corrected chi connectivity index (χ0v) is 20.0. The highest BCUT2D eigenvalue weighted by atomic mass is 35.5. The summed E-state index contributed by atoms with van der Waals surface area (Å²) in [6.45, 7) is 4.42. The molecule has 3 rings (SSSR count). The number of nitrogens with one attached hydrogen (secondary N) is 3. The number of pyridine rings is 1. The van der Waals surface area contributed by atoms with Crippen molar-refractivity contribution in [3.63, 3.8) is 0 Å². The number of halogens is 1. The number of fused-ring (bicyclic) bond motifs is 1. The Balaban J connectivity index is 1.80. The van der Waals surface area contributed by atoms with E-state index in [1.807, 2.05) is 12.1 Å². The first kappa shape index (κ1) is 24.7. The van der Waals surface area contributed by atoms with Gasteiger partial charge in [-0.1, -0.05) is 43.9 Å². The molecule has 1 aliphatic rings. The van der Waals surface area contributed by atoms with E-state index < -0.39 is 6.17 Å². The monoisotopic (exact) mass is 461 g/mol. The Morgan fingerprint density at radius 1 is 1.28 bits per heavy atom. The molecule has 32 heavy (non-hydrogen) atoms. The van der Waals surface area contributed by atoms with Crippen LogP contribution in [0.3, 0.4) is 0 Å². The lowest BCUT2D eigenvalue weighted by atomic mass is 9.94. The van der Waals surface area contributed by atoms with Crippen LogP contribution in [0.15, 0.2) is 24.3 Å². The molecule has 3 unspecified atom stereocenters. The zero-order chi connectivity index (χ0) is 23.1. The Labute approximate surface area is 195 Å². The largest absolute Gasteiger partial charge is 0.378 e. The molecule has 176 valence electrons. The molecule has 0 spiro atoms. The van der Waals surface area contributed by atoms with Gasteiger partial charge in [-0.15, -0.1) is 0 Å². The Morgan fingerprint density at radius 3 is 2.69 bits per heavy atom. The molecule has 0 aliphatic heterocycles. The van der Waals surface area contributed by atoms with Crippen LogP contribution in [0.5, 0.6) is 0 Å². The number of aromatic nitrogens is 1. The second-order valence-corrected chi connectivity index (χ2v) is 9.09. The Bertz CT molecular complexity index is 901. The summed E-state index contributed by atoms with van der Waals surface area (Å²) in [5, 5.41) is 11.3. The second kappa shape index (κ2) is 11.8. The van der Waals surface area contributed by atoms with Crippen molar-refractivity contribution < 1.29 is 9.53 Å². The molecule has 1 heterocycles. The number of nitrogens with two attached hydrogens (primary N) is 1. The number of rotatable bonds is 10. The van der Waals surface area contributed by atoms with Crippen molar-refractivity contribution in [2.75, 3.05) is 19.0 Å². The summed E-state index contributed by atoms with van der Waals surface area (Å²) in [7, 11) is 1.73. The Kier molecular flexibility index (Phi) is 9.11. The SMILES string of the molecule is CCC(NC1CCCCC1)C(CNc1nc2cc(Cl)ccc2cc1C(=O)NC(C)N)OC. The lowest BCUT2D eigenvalue weighted by molar-refractivity contribution is 0.0698. The van der Waals surface area contributed by atoms with E-state index >= 15 is 0 Å². The van der Waals surface area contributed by atoms with Gasteiger partial charge in [0.25, 0.3) is 5.91 Å².